The van der Waals surface area contributed by atoms with Gasteiger partial charge in [0.25, 0.3) is 0 Å². The van der Waals surface area contributed by atoms with Crippen LogP contribution in [0.2, 0.25) is 0 Å². The number of carbonyl (C=O) groups excluding carboxylic acids is 1. The van der Waals surface area contributed by atoms with E-state index in [1.807, 2.05) is 4.90 Å². The Morgan fingerprint density at radius 2 is 2.25 bits per heavy atom. The van der Waals surface area contributed by atoms with Crippen LogP contribution in [0.25, 0.3) is 0 Å². The second kappa shape index (κ2) is 4.08. The molecule has 0 spiro atoms. The third-order valence-electron chi connectivity index (χ3n) is 4.30. The van der Waals surface area contributed by atoms with E-state index in [2.05, 4.69) is 19.9 Å². The standard InChI is InChI=1S/C13H20N2O/c1-3-11-8-15(7-4-10(11)2)12(16)13(9-14)5-6-13/h10-11H,3-8H2,1-2H3/t10-,11+/m1/s1. The first kappa shape index (κ1) is 11.4. The molecular formula is C13H20N2O. The number of hydrogen-bond donors (Lipinski definition) is 0. The first-order chi connectivity index (χ1) is 7.63. The average Bonchev–Trinajstić information content (AvgIpc) is 3.09. The third-order valence-corrected chi connectivity index (χ3v) is 4.30. The van der Waals surface area contributed by atoms with Crippen molar-refractivity contribution in [3.8, 4) is 6.07 Å². The zero-order valence-corrected chi connectivity index (χ0v) is 10.2. The zero-order valence-electron chi connectivity index (χ0n) is 10.2. The maximum atomic E-state index is 12.2. The van der Waals surface area contributed by atoms with Crippen LogP contribution in [0, 0.1) is 28.6 Å². The van der Waals surface area contributed by atoms with Gasteiger partial charge in [-0.25, -0.2) is 0 Å². The molecule has 0 aromatic carbocycles. The molecule has 0 bridgehead atoms. The van der Waals surface area contributed by atoms with Gasteiger partial charge in [0.2, 0.25) is 5.91 Å². The highest BCUT2D eigenvalue weighted by molar-refractivity contribution is 5.88. The molecule has 0 aromatic rings. The lowest BCUT2D eigenvalue weighted by atomic mass is 9.84. The van der Waals surface area contributed by atoms with Gasteiger partial charge in [-0.2, -0.15) is 5.26 Å². The van der Waals surface area contributed by atoms with Crippen molar-refractivity contribution in [1.82, 2.24) is 4.90 Å². The summed E-state index contributed by atoms with van der Waals surface area (Å²) in [6, 6.07) is 2.20. The summed E-state index contributed by atoms with van der Waals surface area (Å²) in [7, 11) is 0. The fourth-order valence-electron chi connectivity index (χ4n) is 2.67. The normalized spacial score (nSPS) is 31.9. The summed E-state index contributed by atoms with van der Waals surface area (Å²) in [6.45, 7) is 6.17. The van der Waals surface area contributed by atoms with E-state index in [1.165, 1.54) is 0 Å². The number of piperidine rings is 1. The van der Waals surface area contributed by atoms with E-state index in [1.54, 1.807) is 0 Å². The molecule has 1 saturated carbocycles. The fraction of sp³-hybridized carbons (Fsp3) is 0.846. The number of hydrogen-bond acceptors (Lipinski definition) is 2. The van der Waals surface area contributed by atoms with E-state index in [-0.39, 0.29) is 5.91 Å². The Bertz CT molecular complexity index is 327. The molecule has 2 atom stereocenters. The summed E-state index contributed by atoms with van der Waals surface area (Å²) in [5.74, 6) is 1.43. The molecule has 1 amide bonds. The first-order valence-corrected chi connectivity index (χ1v) is 6.33. The van der Waals surface area contributed by atoms with Crippen molar-refractivity contribution in [1.29, 1.82) is 5.26 Å². The SMILES string of the molecule is CC[C@H]1CN(C(=O)C2(C#N)CC2)CC[C@H]1C. The molecule has 88 valence electrons. The molecule has 0 unspecified atom stereocenters. The van der Waals surface area contributed by atoms with E-state index in [0.717, 1.165) is 38.8 Å². The molecule has 0 aromatic heterocycles. The van der Waals surface area contributed by atoms with Gasteiger partial charge in [-0.05, 0) is 31.1 Å². The number of amides is 1. The molecule has 0 N–H and O–H groups in total. The van der Waals surface area contributed by atoms with Gasteiger partial charge >= 0.3 is 0 Å². The molecule has 3 heteroatoms. The van der Waals surface area contributed by atoms with E-state index < -0.39 is 5.41 Å². The Labute approximate surface area is 97.4 Å². The number of likely N-dealkylation sites (tertiary alicyclic amines) is 1. The topological polar surface area (TPSA) is 44.1 Å². The second-order valence-electron chi connectivity index (χ2n) is 5.38. The lowest BCUT2D eigenvalue weighted by Gasteiger charge is -2.37. The number of nitriles is 1. The van der Waals surface area contributed by atoms with Crippen molar-refractivity contribution in [2.75, 3.05) is 13.1 Å². The summed E-state index contributed by atoms with van der Waals surface area (Å²) in [5, 5.41) is 9.04. The highest BCUT2D eigenvalue weighted by atomic mass is 16.2. The summed E-state index contributed by atoms with van der Waals surface area (Å²) >= 11 is 0. The molecule has 1 aliphatic carbocycles. The van der Waals surface area contributed by atoms with Crippen LogP contribution < -0.4 is 0 Å². The van der Waals surface area contributed by atoms with Crippen molar-refractivity contribution in [2.45, 2.75) is 39.5 Å². The zero-order chi connectivity index (χ0) is 11.8. The summed E-state index contributed by atoms with van der Waals surface area (Å²) < 4.78 is 0. The third kappa shape index (κ3) is 1.81. The van der Waals surface area contributed by atoms with Gasteiger partial charge in [-0.15, -0.1) is 0 Å². The van der Waals surface area contributed by atoms with E-state index in [0.29, 0.717) is 11.8 Å². The van der Waals surface area contributed by atoms with E-state index in [9.17, 15) is 4.79 Å². The molecule has 1 saturated heterocycles. The summed E-state index contributed by atoms with van der Waals surface area (Å²) in [6.07, 6.45) is 3.76. The molecule has 2 aliphatic rings. The average molecular weight is 220 g/mol. The monoisotopic (exact) mass is 220 g/mol. The smallest absolute Gasteiger partial charge is 0.243 e. The van der Waals surface area contributed by atoms with Gasteiger partial charge in [-0.1, -0.05) is 20.3 Å². The molecular weight excluding hydrogens is 200 g/mol. The Balaban J connectivity index is 2.01. The van der Waals surface area contributed by atoms with Crippen molar-refractivity contribution in [3.05, 3.63) is 0 Å². The van der Waals surface area contributed by atoms with E-state index >= 15 is 0 Å². The van der Waals surface area contributed by atoms with Crippen molar-refractivity contribution >= 4 is 5.91 Å². The number of rotatable bonds is 2. The van der Waals surface area contributed by atoms with Crippen LogP contribution in [0.15, 0.2) is 0 Å². The number of carbonyl (C=O) groups is 1. The van der Waals surface area contributed by atoms with Crippen LogP contribution in [-0.4, -0.2) is 23.9 Å². The van der Waals surface area contributed by atoms with Gasteiger partial charge in [0, 0.05) is 13.1 Å². The lowest BCUT2D eigenvalue weighted by molar-refractivity contribution is -0.137. The van der Waals surface area contributed by atoms with Crippen LogP contribution in [0.1, 0.15) is 39.5 Å². The predicted octanol–water partition coefficient (Wildman–Crippen LogP) is 2.18. The van der Waals surface area contributed by atoms with Gasteiger partial charge in [0.15, 0.2) is 0 Å². The van der Waals surface area contributed by atoms with Crippen LogP contribution >= 0.6 is 0 Å². The van der Waals surface area contributed by atoms with Crippen LogP contribution in [-0.2, 0) is 4.79 Å². The highest BCUT2D eigenvalue weighted by Gasteiger charge is 2.53. The molecule has 16 heavy (non-hydrogen) atoms. The van der Waals surface area contributed by atoms with Crippen molar-refractivity contribution in [2.24, 2.45) is 17.3 Å². The van der Waals surface area contributed by atoms with Crippen LogP contribution in [0.4, 0.5) is 0 Å². The van der Waals surface area contributed by atoms with Crippen LogP contribution in [0.3, 0.4) is 0 Å². The minimum Gasteiger partial charge on any atom is -0.341 e. The molecule has 0 radical (unpaired) electrons. The largest absolute Gasteiger partial charge is 0.341 e. The lowest BCUT2D eigenvalue weighted by Crippen LogP contribution is -2.45. The maximum Gasteiger partial charge on any atom is 0.243 e. The Kier molecular flexibility index (Phi) is 2.92. The van der Waals surface area contributed by atoms with Gasteiger partial charge < -0.3 is 4.90 Å². The Morgan fingerprint density at radius 1 is 1.56 bits per heavy atom. The van der Waals surface area contributed by atoms with Gasteiger partial charge in [-0.3, -0.25) is 4.79 Å². The van der Waals surface area contributed by atoms with Gasteiger partial charge in [0.05, 0.1) is 6.07 Å². The first-order valence-electron chi connectivity index (χ1n) is 6.33. The quantitative estimate of drug-likeness (QED) is 0.716. The summed E-state index contributed by atoms with van der Waals surface area (Å²) in [4.78, 5) is 14.1. The highest BCUT2D eigenvalue weighted by Crippen LogP contribution is 2.47. The minimum absolute atomic E-state index is 0.0975. The number of nitrogens with zero attached hydrogens (tertiary/aromatic N) is 2. The predicted molar refractivity (Wildman–Crippen MR) is 61.4 cm³/mol. The van der Waals surface area contributed by atoms with E-state index in [4.69, 9.17) is 5.26 Å². The summed E-state index contributed by atoms with van der Waals surface area (Å²) in [5.41, 5.74) is -0.626. The molecule has 1 heterocycles. The van der Waals surface area contributed by atoms with Crippen molar-refractivity contribution in [3.63, 3.8) is 0 Å². The maximum absolute atomic E-state index is 12.2. The molecule has 1 aliphatic heterocycles. The van der Waals surface area contributed by atoms with Crippen LogP contribution in [0.5, 0.6) is 0 Å². The molecule has 3 nitrogen and oxygen atoms in total. The second-order valence-corrected chi connectivity index (χ2v) is 5.38. The Morgan fingerprint density at radius 3 is 2.75 bits per heavy atom. The molecule has 2 rings (SSSR count). The minimum atomic E-state index is -0.626. The fourth-order valence-corrected chi connectivity index (χ4v) is 2.67. The molecule has 2 fully saturated rings. The van der Waals surface area contributed by atoms with Gasteiger partial charge in [0.1, 0.15) is 5.41 Å². The van der Waals surface area contributed by atoms with Crippen molar-refractivity contribution < 1.29 is 4.79 Å². The Hall–Kier alpha value is -1.04.